The summed E-state index contributed by atoms with van der Waals surface area (Å²) >= 11 is 3.41. The molecule has 0 bridgehead atoms. The molecule has 0 radical (unpaired) electrons. The predicted molar refractivity (Wildman–Crippen MR) is 59.7 cm³/mol. The Morgan fingerprint density at radius 3 is 2.38 bits per heavy atom. The van der Waals surface area contributed by atoms with Crippen molar-refractivity contribution in [3.8, 4) is 0 Å². The Morgan fingerprint density at radius 1 is 1.38 bits per heavy atom. The van der Waals surface area contributed by atoms with Crippen LogP contribution in [0.5, 0.6) is 0 Å². The van der Waals surface area contributed by atoms with Gasteiger partial charge in [0.15, 0.2) is 0 Å². The van der Waals surface area contributed by atoms with Crippen LogP contribution in [0.1, 0.15) is 18.1 Å². The molecule has 0 aromatic heterocycles. The second-order valence-corrected chi connectivity index (χ2v) is 3.25. The summed E-state index contributed by atoms with van der Waals surface area (Å²) in [6.45, 7) is 1.97. The van der Waals surface area contributed by atoms with Crippen molar-refractivity contribution in [3.05, 3.63) is 41.5 Å². The van der Waals surface area contributed by atoms with Crippen LogP contribution in [-0.2, 0) is 10.1 Å². The quantitative estimate of drug-likeness (QED) is 0.580. The highest BCUT2D eigenvalue weighted by atomic mass is 79.9. The molecule has 1 rings (SSSR count). The van der Waals surface area contributed by atoms with Crippen LogP contribution in [0.25, 0.3) is 5.76 Å². The van der Waals surface area contributed by atoms with Gasteiger partial charge >= 0.3 is 0 Å². The summed E-state index contributed by atoms with van der Waals surface area (Å²) in [5, 5.41) is 0.894. The summed E-state index contributed by atoms with van der Waals surface area (Å²) in [6, 6.07) is 8.31. The van der Waals surface area contributed by atoms with E-state index < -0.39 is 0 Å². The molecular formula is C11H13BrO. The van der Waals surface area contributed by atoms with Gasteiger partial charge in [-0.3, -0.25) is 0 Å². The van der Waals surface area contributed by atoms with Crippen molar-refractivity contribution < 1.29 is 4.74 Å². The highest BCUT2D eigenvalue weighted by Crippen LogP contribution is 2.16. The maximum atomic E-state index is 5.21. The number of hydrogen-bond donors (Lipinski definition) is 0. The van der Waals surface area contributed by atoms with Crippen LogP contribution < -0.4 is 0 Å². The van der Waals surface area contributed by atoms with Gasteiger partial charge in [0.25, 0.3) is 0 Å². The fourth-order valence-corrected chi connectivity index (χ4v) is 1.53. The Labute approximate surface area is 87.5 Å². The van der Waals surface area contributed by atoms with Crippen molar-refractivity contribution in [3.63, 3.8) is 0 Å². The standard InChI is InChI=1S/C11H13BrO/c1-3-11(13-2)10-6-4-9(8-12)5-7-10/h3-7H,8H2,1-2H3/b11-3-. The topological polar surface area (TPSA) is 9.23 Å². The molecule has 0 aliphatic rings. The molecule has 0 amide bonds. The molecule has 0 atom stereocenters. The molecule has 0 heterocycles. The van der Waals surface area contributed by atoms with Gasteiger partial charge in [0.2, 0.25) is 0 Å². The lowest BCUT2D eigenvalue weighted by Crippen LogP contribution is -1.87. The minimum Gasteiger partial charge on any atom is -0.496 e. The van der Waals surface area contributed by atoms with Crippen molar-refractivity contribution >= 4 is 21.7 Å². The third-order valence-corrected chi connectivity index (χ3v) is 2.52. The third kappa shape index (κ3) is 2.59. The zero-order chi connectivity index (χ0) is 9.68. The Balaban J connectivity index is 2.91. The number of allylic oxidation sites excluding steroid dienone is 1. The molecule has 2 heteroatoms. The highest BCUT2D eigenvalue weighted by Gasteiger charge is 1.98. The van der Waals surface area contributed by atoms with Crippen molar-refractivity contribution in [1.82, 2.24) is 0 Å². The van der Waals surface area contributed by atoms with Gasteiger partial charge in [0.05, 0.1) is 7.11 Å². The monoisotopic (exact) mass is 240 g/mol. The number of methoxy groups -OCH3 is 1. The van der Waals surface area contributed by atoms with E-state index in [1.165, 1.54) is 5.56 Å². The summed E-state index contributed by atoms with van der Waals surface area (Å²) in [5.74, 6) is 0.918. The van der Waals surface area contributed by atoms with Gasteiger partial charge in [-0.2, -0.15) is 0 Å². The van der Waals surface area contributed by atoms with Crippen LogP contribution in [-0.4, -0.2) is 7.11 Å². The maximum absolute atomic E-state index is 5.21. The minimum absolute atomic E-state index is 0.894. The van der Waals surface area contributed by atoms with Gasteiger partial charge in [-0.1, -0.05) is 40.2 Å². The summed E-state index contributed by atoms with van der Waals surface area (Å²) < 4.78 is 5.21. The van der Waals surface area contributed by atoms with E-state index in [0.717, 1.165) is 16.7 Å². The molecule has 1 aromatic rings. The Morgan fingerprint density at radius 2 is 2.00 bits per heavy atom. The van der Waals surface area contributed by atoms with Crippen molar-refractivity contribution in [2.75, 3.05) is 7.11 Å². The number of benzene rings is 1. The van der Waals surface area contributed by atoms with Gasteiger partial charge in [-0.05, 0) is 18.6 Å². The fraction of sp³-hybridized carbons (Fsp3) is 0.273. The van der Waals surface area contributed by atoms with E-state index in [1.54, 1.807) is 7.11 Å². The Kier molecular flexibility index (Phi) is 4.03. The molecule has 0 spiro atoms. The molecule has 70 valence electrons. The maximum Gasteiger partial charge on any atom is 0.121 e. The first kappa shape index (κ1) is 10.3. The highest BCUT2D eigenvalue weighted by molar-refractivity contribution is 9.08. The van der Waals surface area contributed by atoms with E-state index in [-0.39, 0.29) is 0 Å². The van der Waals surface area contributed by atoms with Crippen molar-refractivity contribution in [2.24, 2.45) is 0 Å². The van der Waals surface area contributed by atoms with Crippen molar-refractivity contribution in [1.29, 1.82) is 0 Å². The molecule has 0 fully saturated rings. The lowest BCUT2D eigenvalue weighted by Gasteiger charge is -2.05. The summed E-state index contributed by atoms with van der Waals surface area (Å²) in [4.78, 5) is 0. The first-order valence-electron chi connectivity index (χ1n) is 4.17. The van der Waals surface area contributed by atoms with Crippen LogP contribution in [0.4, 0.5) is 0 Å². The normalized spacial score (nSPS) is 11.5. The molecule has 0 unspecified atom stereocenters. The molecule has 0 aliphatic carbocycles. The second kappa shape index (κ2) is 5.07. The van der Waals surface area contributed by atoms with E-state index in [1.807, 2.05) is 13.0 Å². The summed E-state index contributed by atoms with van der Waals surface area (Å²) in [6.07, 6.45) is 1.96. The largest absolute Gasteiger partial charge is 0.496 e. The molecule has 1 aromatic carbocycles. The predicted octanol–water partition coefficient (Wildman–Crippen LogP) is 3.59. The first-order chi connectivity index (χ1) is 6.31. The second-order valence-electron chi connectivity index (χ2n) is 2.69. The summed E-state index contributed by atoms with van der Waals surface area (Å²) in [5.41, 5.74) is 2.39. The zero-order valence-corrected chi connectivity index (χ0v) is 9.47. The van der Waals surface area contributed by atoms with E-state index in [9.17, 15) is 0 Å². The summed E-state index contributed by atoms with van der Waals surface area (Å²) in [7, 11) is 1.69. The third-order valence-electron chi connectivity index (χ3n) is 1.87. The molecule has 0 saturated carbocycles. The van der Waals surface area contributed by atoms with Gasteiger partial charge in [-0.15, -0.1) is 0 Å². The molecular weight excluding hydrogens is 228 g/mol. The number of alkyl halides is 1. The minimum atomic E-state index is 0.894. The van der Waals surface area contributed by atoms with Crippen LogP contribution in [0.3, 0.4) is 0 Å². The molecule has 0 aliphatic heterocycles. The Hall–Kier alpha value is -0.760. The van der Waals surface area contributed by atoms with Gasteiger partial charge in [-0.25, -0.2) is 0 Å². The average Bonchev–Trinajstić information content (AvgIpc) is 2.21. The first-order valence-corrected chi connectivity index (χ1v) is 5.29. The molecule has 1 nitrogen and oxygen atoms in total. The van der Waals surface area contributed by atoms with Crippen LogP contribution >= 0.6 is 15.9 Å². The molecule has 0 N–H and O–H groups in total. The molecule has 13 heavy (non-hydrogen) atoms. The lowest BCUT2D eigenvalue weighted by molar-refractivity contribution is 0.369. The van der Waals surface area contributed by atoms with E-state index in [4.69, 9.17) is 4.74 Å². The van der Waals surface area contributed by atoms with E-state index in [2.05, 4.69) is 40.2 Å². The fourth-order valence-electron chi connectivity index (χ4n) is 1.16. The van der Waals surface area contributed by atoms with Gasteiger partial charge in [0.1, 0.15) is 5.76 Å². The lowest BCUT2D eigenvalue weighted by atomic mass is 10.1. The van der Waals surface area contributed by atoms with Crippen LogP contribution in [0.15, 0.2) is 30.3 Å². The number of hydrogen-bond acceptors (Lipinski definition) is 1. The Bertz CT molecular complexity index is 287. The average molecular weight is 241 g/mol. The number of halogens is 1. The van der Waals surface area contributed by atoms with Crippen LogP contribution in [0.2, 0.25) is 0 Å². The van der Waals surface area contributed by atoms with Gasteiger partial charge < -0.3 is 4.74 Å². The van der Waals surface area contributed by atoms with E-state index >= 15 is 0 Å². The SMILES string of the molecule is C/C=C(\OC)c1ccc(CBr)cc1. The van der Waals surface area contributed by atoms with Crippen LogP contribution in [0, 0.1) is 0 Å². The smallest absolute Gasteiger partial charge is 0.121 e. The number of ether oxygens (including phenoxy) is 1. The molecule has 0 saturated heterocycles. The van der Waals surface area contributed by atoms with E-state index in [0.29, 0.717) is 0 Å². The van der Waals surface area contributed by atoms with Gasteiger partial charge in [0, 0.05) is 10.9 Å². The zero-order valence-electron chi connectivity index (χ0n) is 7.88. The van der Waals surface area contributed by atoms with Crippen molar-refractivity contribution in [2.45, 2.75) is 12.3 Å². The number of rotatable bonds is 3.